The SMILES string of the molecule is c1ccc(-c2ccccc2-c2ccccc2-c2ccccc2N(c2ccc(-c3ccc4c(c3)oc3ccccc34)cc2)c2ccc(-c3ccc4oc5ccccc5c4c3)cc2)cc1. The number of rotatable bonds is 8. The van der Waals surface area contributed by atoms with E-state index in [2.05, 4.69) is 217 Å². The molecule has 0 aliphatic carbocycles. The van der Waals surface area contributed by atoms with Crippen LogP contribution in [0.2, 0.25) is 0 Å². The van der Waals surface area contributed by atoms with Gasteiger partial charge >= 0.3 is 0 Å². The van der Waals surface area contributed by atoms with E-state index in [4.69, 9.17) is 8.83 Å². The molecule has 0 radical (unpaired) electrons. The molecule has 12 aromatic rings. The molecule has 12 rings (SSSR count). The molecule has 0 saturated heterocycles. The summed E-state index contributed by atoms with van der Waals surface area (Å²) in [6.07, 6.45) is 0. The van der Waals surface area contributed by atoms with E-state index < -0.39 is 0 Å². The highest BCUT2D eigenvalue weighted by Gasteiger charge is 2.21. The minimum Gasteiger partial charge on any atom is -0.456 e. The molecule has 296 valence electrons. The van der Waals surface area contributed by atoms with Gasteiger partial charge in [0.05, 0.1) is 5.69 Å². The maximum Gasteiger partial charge on any atom is 0.136 e. The standard InChI is InChI=1S/C60H39NO2/c1-2-14-42(15-3-1)47-16-4-5-17-48(47)49-18-6-7-19-50(49)51-20-8-11-23-56(51)61(45-32-26-40(27-33-45)43-31-37-59-55(38-43)53-22-10-13-25-58(53)62-59)46-34-28-41(29-35-46)44-30-36-54-52-21-9-12-24-57(52)63-60(54)39-44/h1-39H. The van der Waals surface area contributed by atoms with Crippen molar-refractivity contribution in [3.05, 3.63) is 237 Å². The molecule has 2 aromatic heterocycles. The first kappa shape index (κ1) is 36.5. The Morgan fingerprint density at radius 2 is 0.667 bits per heavy atom. The van der Waals surface area contributed by atoms with Gasteiger partial charge in [0.25, 0.3) is 0 Å². The van der Waals surface area contributed by atoms with E-state index in [-0.39, 0.29) is 0 Å². The minimum absolute atomic E-state index is 0.890. The van der Waals surface area contributed by atoms with Crippen LogP contribution in [0.15, 0.2) is 245 Å². The van der Waals surface area contributed by atoms with Crippen molar-refractivity contribution in [1.82, 2.24) is 0 Å². The highest BCUT2D eigenvalue weighted by atomic mass is 16.3. The zero-order valence-electron chi connectivity index (χ0n) is 34.3. The lowest BCUT2D eigenvalue weighted by atomic mass is 9.88. The summed E-state index contributed by atoms with van der Waals surface area (Å²) in [7, 11) is 0. The predicted octanol–water partition coefficient (Wildman–Crippen LogP) is 17.3. The van der Waals surface area contributed by atoms with Crippen molar-refractivity contribution in [3.8, 4) is 55.6 Å². The molecular weight excluding hydrogens is 767 g/mol. The molecule has 63 heavy (non-hydrogen) atoms. The van der Waals surface area contributed by atoms with Gasteiger partial charge in [-0.3, -0.25) is 0 Å². The number of hydrogen-bond acceptors (Lipinski definition) is 3. The van der Waals surface area contributed by atoms with E-state index in [0.717, 1.165) is 94.3 Å². The van der Waals surface area contributed by atoms with Gasteiger partial charge in [0.15, 0.2) is 0 Å². The van der Waals surface area contributed by atoms with Crippen LogP contribution < -0.4 is 4.90 Å². The fraction of sp³-hybridized carbons (Fsp3) is 0. The summed E-state index contributed by atoms with van der Waals surface area (Å²) in [5.74, 6) is 0. The predicted molar refractivity (Wildman–Crippen MR) is 263 cm³/mol. The lowest BCUT2D eigenvalue weighted by Gasteiger charge is -2.29. The maximum absolute atomic E-state index is 6.29. The van der Waals surface area contributed by atoms with E-state index in [1.807, 2.05) is 24.3 Å². The van der Waals surface area contributed by atoms with Crippen molar-refractivity contribution in [2.75, 3.05) is 4.90 Å². The van der Waals surface area contributed by atoms with Crippen LogP contribution in [0, 0.1) is 0 Å². The number of furan rings is 2. The molecule has 3 heteroatoms. The highest BCUT2D eigenvalue weighted by Crippen LogP contribution is 2.46. The van der Waals surface area contributed by atoms with E-state index >= 15 is 0 Å². The minimum atomic E-state index is 0.890. The Balaban J connectivity index is 0.986. The van der Waals surface area contributed by atoms with Crippen LogP contribution in [-0.4, -0.2) is 0 Å². The Labute approximate surface area is 365 Å². The Hall–Kier alpha value is -8.40. The number of hydrogen-bond donors (Lipinski definition) is 0. The van der Waals surface area contributed by atoms with Crippen molar-refractivity contribution in [1.29, 1.82) is 0 Å². The lowest BCUT2D eigenvalue weighted by molar-refractivity contribution is 0.668. The molecule has 0 spiro atoms. The summed E-state index contributed by atoms with van der Waals surface area (Å²) in [6, 6.07) is 84.3. The number of fused-ring (bicyclic) bond motifs is 6. The van der Waals surface area contributed by atoms with Gasteiger partial charge in [-0.15, -0.1) is 0 Å². The molecule has 0 amide bonds. The maximum atomic E-state index is 6.29. The Morgan fingerprint density at radius 1 is 0.238 bits per heavy atom. The number of para-hydroxylation sites is 3. The monoisotopic (exact) mass is 805 g/mol. The zero-order chi connectivity index (χ0) is 41.7. The van der Waals surface area contributed by atoms with Crippen LogP contribution in [0.4, 0.5) is 17.1 Å². The molecular formula is C60H39NO2. The first-order chi connectivity index (χ1) is 31.2. The number of benzene rings is 10. The Morgan fingerprint density at radius 3 is 1.33 bits per heavy atom. The first-order valence-electron chi connectivity index (χ1n) is 21.4. The van der Waals surface area contributed by atoms with Gasteiger partial charge in [-0.25, -0.2) is 0 Å². The van der Waals surface area contributed by atoms with Crippen LogP contribution in [-0.2, 0) is 0 Å². The average Bonchev–Trinajstić information content (AvgIpc) is 3.93. The van der Waals surface area contributed by atoms with Crippen molar-refractivity contribution in [3.63, 3.8) is 0 Å². The Bertz CT molecular complexity index is 3620. The molecule has 3 nitrogen and oxygen atoms in total. The second-order valence-electron chi connectivity index (χ2n) is 16.0. The molecule has 0 atom stereocenters. The third-order valence-corrected chi connectivity index (χ3v) is 12.3. The second-order valence-corrected chi connectivity index (χ2v) is 16.0. The van der Waals surface area contributed by atoms with Crippen molar-refractivity contribution in [2.45, 2.75) is 0 Å². The van der Waals surface area contributed by atoms with E-state index in [0.29, 0.717) is 0 Å². The van der Waals surface area contributed by atoms with Crippen molar-refractivity contribution in [2.24, 2.45) is 0 Å². The fourth-order valence-corrected chi connectivity index (χ4v) is 9.28. The lowest BCUT2D eigenvalue weighted by Crippen LogP contribution is -2.11. The fourth-order valence-electron chi connectivity index (χ4n) is 9.28. The van der Waals surface area contributed by atoms with Gasteiger partial charge in [0.2, 0.25) is 0 Å². The molecule has 0 saturated carbocycles. The molecule has 0 fully saturated rings. The van der Waals surface area contributed by atoms with Crippen LogP contribution in [0.1, 0.15) is 0 Å². The summed E-state index contributed by atoms with van der Waals surface area (Å²) in [5.41, 5.74) is 18.4. The molecule has 0 N–H and O–H groups in total. The van der Waals surface area contributed by atoms with E-state index in [1.165, 1.54) is 22.3 Å². The number of anilines is 3. The summed E-state index contributed by atoms with van der Waals surface area (Å²) < 4.78 is 12.4. The normalized spacial score (nSPS) is 11.5. The van der Waals surface area contributed by atoms with E-state index in [9.17, 15) is 0 Å². The second kappa shape index (κ2) is 15.3. The summed E-state index contributed by atoms with van der Waals surface area (Å²) in [5, 5.41) is 4.51. The van der Waals surface area contributed by atoms with Gasteiger partial charge in [-0.2, -0.15) is 0 Å². The van der Waals surface area contributed by atoms with Gasteiger partial charge in [0.1, 0.15) is 22.3 Å². The smallest absolute Gasteiger partial charge is 0.136 e. The summed E-state index contributed by atoms with van der Waals surface area (Å²) in [6.45, 7) is 0. The first-order valence-corrected chi connectivity index (χ1v) is 21.4. The van der Waals surface area contributed by atoms with Crippen LogP contribution in [0.3, 0.4) is 0 Å². The van der Waals surface area contributed by atoms with Gasteiger partial charge in [-0.05, 0) is 117 Å². The van der Waals surface area contributed by atoms with Gasteiger partial charge in [-0.1, -0.05) is 170 Å². The van der Waals surface area contributed by atoms with E-state index in [1.54, 1.807) is 0 Å². The third-order valence-electron chi connectivity index (χ3n) is 12.3. The van der Waals surface area contributed by atoms with Crippen molar-refractivity contribution >= 4 is 60.9 Å². The molecule has 0 aliphatic heterocycles. The topological polar surface area (TPSA) is 29.5 Å². The van der Waals surface area contributed by atoms with Crippen LogP contribution in [0.25, 0.3) is 99.5 Å². The quantitative estimate of drug-likeness (QED) is 0.153. The molecule has 2 heterocycles. The summed E-state index contributed by atoms with van der Waals surface area (Å²) >= 11 is 0. The van der Waals surface area contributed by atoms with Gasteiger partial charge < -0.3 is 13.7 Å². The molecule has 0 aliphatic rings. The Kier molecular flexibility index (Phi) is 8.83. The highest BCUT2D eigenvalue weighted by molar-refractivity contribution is 6.07. The largest absolute Gasteiger partial charge is 0.456 e. The number of nitrogens with zero attached hydrogens (tertiary/aromatic N) is 1. The summed E-state index contributed by atoms with van der Waals surface area (Å²) in [4.78, 5) is 2.39. The zero-order valence-corrected chi connectivity index (χ0v) is 34.3. The molecule has 10 aromatic carbocycles. The van der Waals surface area contributed by atoms with Gasteiger partial charge in [0, 0.05) is 38.5 Å². The average molecular weight is 806 g/mol. The van der Waals surface area contributed by atoms with Crippen molar-refractivity contribution < 1.29 is 8.83 Å². The van der Waals surface area contributed by atoms with Crippen LogP contribution >= 0.6 is 0 Å². The van der Waals surface area contributed by atoms with Crippen LogP contribution in [0.5, 0.6) is 0 Å². The molecule has 0 bridgehead atoms. The third kappa shape index (κ3) is 6.46. The molecule has 0 unspecified atom stereocenters.